The van der Waals surface area contributed by atoms with Crippen molar-refractivity contribution in [2.75, 3.05) is 13.1 Å². The van der Waals surface area contributed by atoms with Crippen molar-refractivity contribution in [3.8, 4) is 0 Å². The molecular weight excluding hydrogens is 346 g/mol. The van der Waals surface area contributed by atoms with Crippen LogP contribution in [0.4, 0.5) is 0 Å². The summed E-state index contributed by atoms with van der Waals surface area (Å²) in [6.45, 7) is 2.73. The molecule has 0 bridgehead atoms. The summed E-state index contributed by atoms with van der Waals surface area (Å²) >= 11 is 3.43. The summed E-state index contributed by atoms with van der Waals surface area (Å²) < 4.78 is 0.995. The minimum absolute atomic E-state index is 0.00397. The number of aliphatic carboxylic acids is 1. The third-order valence-electron chi connectivity index (χ3n) is 4.53. The predicted octanol–water partition coefficient (Wildman–Crippen LogP) is 3.58. The topological polar surface area (TPSA) is 57.6 Å². The first-order valence-corrected chi connectivity index (χ1v) is 8.56. The summed E-state index contributed by atoms with van der Waals surface area (Å²) in [4.78, 5) is 25.6. The molecule has 0 unspecified atom stereocenters. The van der Waals surface area contributed by atoms with Crippen molar-refractivity contribution in [1.29, 1.82) is 0 Å². The average molecular weight is 368 g/mol. The Bertz CT molecular complexity index is 535. The van der Waals surface area contributed by atoms with Gasteiger partial charge in [-0.15, -0.1) is 0 Å². The van der Waals surface area contributed by atoms with Gasteiger partial charge in [0.25, 0.3) is 0 Å². The standard InChI is InChI=1S/C17H22BrNO3/c1-2-19(12-9-15(20)21)16(22)17(10-3-4-11-17)13-5-7-14(18)8-6-13/h5-8H,2-4,9-12H2,1H3,(H,20,21). The van der Waals surface area contributed by atoms with Gasteiger partial charge in [-0.1, -0.05) is 40.9 Å². The first-order chi connectivity index (χ1) is 10.5. The van der Waals surface area contributed by atoms with Crippen molar-refractivity contribution >= 4 is 27.8 Å². The van der Waals surface area contributed by atoms with Gasteiger partial charge < -0.3 is 10.0 Å². The number of likely N-dealkylation sites (N-methyl/N-ethyl adjacent to an activating group) is 1. The third kappa shape index (κ3) is 3.51. The third-order valence-corrected chi connectivity index (χ3v) is 5.06. The maximum absolute atomic E-state index is 13.1. The van der Waals surface area contributed by atoms with E-state index in [1.54, 1.807) is 4.90 Å². The van der Waals surface area contributed by atoms with Crippen LogP contribution in [-0.2, 0) is 15.0 Å². The molecule has 1 aromatic carbocycles. The number of benzene rings is 1. The fourth-order valence-corrected chi connectivity index (χ4v) is 3.57. The molecule has 5 heteroatoms. The van der Waals surface area contributed by atoms with E-state index in [1.165, 1.54) is 0 Å². The van der Waals surface area contributed by atoms with E-state index in [0.717, 1.165) is 35.7 Å². The van der Waals surface area contributed by atoms with Crippen LogP contribution in [0.1, 0.15) is 44.6 Å². The van der Waals surface area contributed by atoms with Gasteiger partial charge >= 0.3 is 5.97 Å². The lowest BCUT2D eigenvalue weighted by Crippen LogP contribution is -2.46. The molecule has 0 spiro atoms. The maximum Gasteiger partial charge on any atom is 0.305 e. The summed E-state index contributed by atoms with van der Waals surface area (Å²) in [5, 5.41) is 8.87. The number of hydrogen-bond donors (Lipinski definition) is 1. The van der Waals surface area contributed by atoms with Crippen LogP contribution in [-0.4, -0.2) is 35.0 Å². The minimum Gasteiger partial charge on any atom is -0.481 e. The van der Waals surface area contributed by atoms with Gasteiger partial charge in [0, 0.05) is 17.6 Å². The maximum atomic E-state index is 13.1. The van der Waals surface area contributed by atoms with Crippen molar-refractivity contribution in [3.05, 3.63) is 34.3 Å². The Labute approximate surface area is 139 Å². The van der Waals surface area contributed by atoms with E-state index < -0.39 is 11.4 Å². The number of carboxylic acids is 1. The molecule has 1 N–H and O–H groups in total. The fourth-order valence-electron chi connectivity index (χ4n) is 3.31. The van der Waals surface area contributed by atoms with Crippen LogP contribution in [0.5, 0.6) is 0 Å². The van der Waals surface area contributed by atoms with E-state index in [1.807, 2.05) is 31.2 Å². The Morgan fingerprint density at radius 3 is 2.32 bits per heavy atom. The molecule has 0 aliphatic heterocycles. The van der Waals surface area contributed by atoms with E-state index in [2.05, 4.69) is 15.9 Å². The molecule has 0 heterocycles. The Kier molecular flexibility index (Phi) is 5.62. The van der Waals surface area contributed by atoms with Gasteiger partial charge in [-0.3, -0.25) is 9.59 Å². The number of rotatable bonds is 6. The lowest BCUT2D eigenvalue weighted by Gasteiger charge is -2.34. The van der Waals surface area contributed by atoms with E-state index in [9.17, 15) is 9.59 Å². The van der Waals surface area contributed by atoms with Gasteiger partial charge in [-0.25, -0.2) is 0 Å². The van der Waals surface area contributed by atoms with Crippen molar-refractivity contribution in [3.63, 3.8) is 0 Å². The molecule has 1 fully saturated rings. The number of carbonyl (C=O) groups excluding carboxylic acids is 1. The van der Waals surface area contributed by atoms with Crippen molar-refractivity contribution < 1.29 is 14.7 Å². The van der Waals surface area contributed by atoms with Crippen LogP contribution >= 0.6 is 15.9 Å². The molecule has 120 valence electrons. The second kappa shape index (κ2) is 7.27. The van der Waals surface area contributed by atoms with Crippen LogP contribution in [0.25, 0.3) is 0 Å². The number of hydrogen-bond acceptors (Lipinski definition) is 2. The Morgan fingerprint density at radius 1 is 1.23 bits per heavy atom. The lowest BCUT2D eigenvalue weighted by molar-refractivity contribution is -0.140. The fraction of sp³-hybridized carbons (Fsp3) is 0.529. The van der Waals surface area contributed by atoms with Crippen molar-refractivity contribution in [2.24, 2.45) is 0 Å². The molecule has 1 aromatic rings. The molecule has 1 aliphatic carbocycles. The molecule has 1 saturated carbocycles. The minimum atomic E-state index is -0.865. The number of carboxylic acid groups (broad SMARTS) is 1. The van der Waals surface area contributed by atoms with Crippen LogP contribution in [0.2, 0.25) is 0 Å². The summed E-state index contributed by atoms with van der Waals surface area (Å²) in [5.74, 6) is -0.786. The molecule has 0 aromatic heterocycles. The normalized spacial score (nSPS) is 16.5. The Hall–Kier alpha value is -1.36. The second-order valence-electron chi connectivity index (χ2n) is 5.82. The van der Waals surface area contributed by atoms with Gasteiger partial charge in [0.1, 0.15) is 0 Å². The van der Waals surface area contributed by atoms with Gasteiger partial charge in [-0.05, 0) is 37.5 Å². The van der Waals surface area contributed by atoms with Gasteiger partial charge in [0.05, 0.1) is 11.8 Å². The molecule has 4 nitrogen and oxygen atoms in total. The van der Waals surface area contributed by atoms with E-state index >= 15 is 0 Å². The molecule has 22 heavy (non-hydrogen) atoms. The summed E-state index contributed by atoms with van der Waals surface area (Å²) in [6, 6.07) is 7.96. The quantitative estimate of drug-likeness (QED) is 0.835. The monoisotopic (exact) mass is 367 g/mol. The van der Waals surface area contributed by atoms with Crippen molar-refractivity contribution in [2.45, 2.75) is 44.4 Å². The largest absolute Gasteiger partial charge is 0.481 e. The zero-order valence-electron chi connectivity index (χ0n) is 12.8. The number of carbonyl (C=O) groups is 2. The molecule has 1 amide bonds. The Balaban J connectivity index is 2.27. The van der Waals surface area contributed by atoms with Crippen LogP contribution < -0.4 is 0 Å². The van der Waals surface area contributed by atoms with E-state index in [0.29, 0.717) is 6.54 Å². The highest BCUT2D eigenvalue weighted by molar-refractivity contribution is 9.10. The summed E-state index contributed by atoms with van der Waals surface area (Å²) in [6.07, 6.45) is 3.76. The first-order valence-electron chi connectivity index (χ1n) is 7.77. The summed E-state index contributed by atoms with van der Waals surface area (Å²) in [5.41, 5.74) is 0.571. The molecule has 2 rings (SSSR count). The smallest absolute Gasteiger partial charge is 0.305 e. The second-order valence-corrected chi connectivity index (χ2v) is 6.74. The predicted molar refractivity (Wildman–Crippen MR) is 88.8 cm³/mol. The zero-order valence-corrected chi connectivity index (χ0v) is 14.4. The number of amides is 1. The van der Waals surface area contributed by atoms with E-state index in [-0.39, 0.29) is 18.9 Å². The molecule has 0 radical (unpaired) electrons. The number of halogens is 1. The van der Waals surface area contributed by atoms with Gasteiger partial charge in [0.2, 0.25) is 5.91 Å². The van der Waals surface area contributed by atoms with Crippen LogP contribution in [0.15, 0.2) is 28.7 Å². The van der Waals surface area contributed by atoms with E-state index in [4.69, 9.17) is 5.11 Å². The van der Waals surface area contributed by atoms with Gasteiger partial charge in [0.15, 0.2) is 0 Å². The highest BCUT2D eigenvalue weighted by Crippen LogP contribution is 2.43. The highest BCUT2D eigenvalue weighted by Gasteiger charge is 2.44. The summed E-state index contributed by atoms with van der Waals surface area (Å²) in [7, 11) is 0. The molecule has 0 atom stereocenters. The van der Waals surface area contributed by atoms with Crippen LogP contribution in [0.3, 0.4) is 0 Å². The zero-order chi connectivity index (χ0) is 16.2. The van der Waals surface area contributed by atoms with Crippen LogP contribution in [0, 0.1) is 0 Å². The van der Waals surface area contributed by atoms with Crippen molar-refractivity contribution in [1.82, 2.24) is 4.90 Å². The van der Waals surface area contributed by atoms with Gasteiger partial charge in [-0.2, -0.15) is 0 Å². The average Bonchev–Trinajstić information content (AvgIpc) is 2.99. The Morgan fingerprint density at radius 2 is 1.82 bits per heavy atom. The first kappa shape index (κ1) is 17.0. The molecular formula is C17H22BrNO3. The highest BCUT2D eigenvalue weighted by atomic mass is 79.9. The molecule has 0 saturated heterocycles. The number of nitrogens with zero attached hydrogens (tertiary/aromatic N) is 1. The molecule has 1 aliphatic rings. The lowest BCUT2D eigenvalue weighted by atomic mass is 9.77. The SMILES string of the molecule is CCN(CCC(=O)O)C(=O)C1(c2ccc(Br)cc2)CCCC1.